The Hall–Kier alpha value is -1.64. The van der Waals surface area contributed by atoms with Crippen molar-refractivity contribution in [3.8, 4) is 5.75 Å². The molecule has 2 atom stereocenters. The topological polar surface area (TPSA) is 9.23 Å². The first-order chi connectivity index (χ1) is 12.1. The van der Waals surface area contributed by atoms with Crippen LogP contribution in [0.3, 0.4) is 0 Å². The molecule has 0 aromatic heterocycles. The van der Waals surface area contributed by atoms with Crippen LogP contribution in [0.15, 0.2) is 54.6 Å². The minimum atomic E-state index is -2.93. The van der Waals surface area contributed by atoms with E-state index in [2.05, 4.69) is 19.1 Å². The Morgan fingerprint density at radius 2 is 1.96 bits per heavy atom. The fourth-order valence-corrected chi connectivity index (χ4v) is 3.33. The van der Waals surface area contributed by atoms with Crippen molar-refractivity contribution in [2.24, 2.45) is 11.8 Å². The first kappa shape index (κ1) is 19.7. The average molecular weight is 348 g/mol. The number of benzene rings is 1. The number of alkyl halides is 2. The van der Waals surface area contributed by atoms with Gasteiger partial charge in [0.15, 0.2) is 6.61 Å². The lowest BCUT2D eigenvalue weighted by molar-refractivity contribution is 0.00456. The summed E-state index contributed by atoms with van der Waals surface area (Å²) >= 11 is 0. The highest BCUT2D eigenvalue weighted by Gasteiger charge is 2.29. The molecule has 0 heterocycles. The van der Waals surface area contributed by atoms with E-state index in [0.717, 1.165) is 38.2 Å². The molecule has 0 saturated heterocycles. The van der Waals surface area contributed by atoms with Gasteiger partial charge in [0.05, 0.1) is 0 Å². The van der Waals surface area contributed by atoms with Gasteiger partial charge in [0, 0.05) is 0 Å². The van der Waals surface area contributed by atoms with Gasteiger partial charge in [-0.3, -0.25) is 0 Å². The minimum Gasteiger partial charge on any atom is -0.487 e. The number of para-hydroxylation sites is 1. The van der Waals surface area contributed by atoms with Crippen molar-refractivity contribution in [1.82, 2.24) is 0 Å². The molecule has 0 radical (unpaired) electrons. The smallest absolute Gasteiger partial charge is 0.299 e. The second-order valence-corrected chi connectivity index (χ2v) is 6.93. The molecule has 1 fully saturated rings. The molecule has 0 amide bonds. The minimum absolute atomic E-state index is 0.262. The summed E-state index contributed by atoms with van der Waals surface area (Å²) in [6.45, 7) is 1.58. The van der Waals surface area contributed by atoms with Crippen LogP contribution in [0.25, 0.3) is 0 Å². The molecule has 0 aliphatic heterocycles. The summed E-state index contributed by atoms with van der Waals surface area (Å²) in [4.78, 5) is 0. The molecule has 1 nitrogen and oxygen atoms in total. The molecule has 3 heteroatoms. The fourth-order valence-electron chi connectivity index (χ4n) is 3.33. The number of ether oxygens (including phenoxy) is 1. The highest BCUT2D eigenvalue weighted by atomic mass is 19.3. The predicted molar refractivity (Wildman–Crippen MR) is 100 cm³/mol. The molecule has 0 bridgehead atoms. The van der Waals surface area contributed by atoms with Gasteiger partial charge in [-0.25, -0.2) is 0 Å². The average Bonchev–Trinajstić information content (AvgIpc) is 3.07. The van der Waals surface area contributed by atoms with Gasteiger partial charge in [-0.15, -0.1) is 0 Å². The Kier molecular flexibility index (Phi) is 8.17. The van der Waals surface area contributed by atoms with Crippen molar-refractivity contribution >= 4 is 0 Å². The quantitative estimate of drug-likeness (QED) is 0.333. The molecule has 25 heavy (non-hydrogen) atoms. The standard InChI is InChI=1S/C22H30F2O/c1-2-3-4-5-7-11-19-12-10-13-20(19)16-17-22(23,24)18-25-21-14-8-6-9-15-21/h5-9,14-17,19-20H,2-4,10-13,18H2,1H3/b7-5-,17-16+/t19-,20?/m0/s1. The second kappa shape index (κ2) is 10.4. The molecule has 0 spiro atoms. The summed E-state index contributed by atoms with van der Waals surface area (Å²) in [6.07, 6.45) is 15.1. The molecule has 1 aliphatic carbocycles. The van der Waals surface area contributed by atoms with Crippen LogP contribution in [0.4, 0.5) is 8.78 Å². The third-order valence-corrected chi connectivity index (χ3v) is 4.81. The van der Waals surface area contributed by atoms with Crippen LogP contribution in [-0.2, 0) is 0 Å². The zero-order valence-corrected chi connectivity index (χ0v) is 15.2. The van der Waals surface area contributed by atoms with Gasteiger partial charge in [0.1, 0.15) is 5.75 Å². The molecule has 0 N–H and O–H groups in total. The summed E-state index contributed by atoms with van der Waals surface area (Å²) < 4.78 is 33.3. The molecule has 2 rings (SSSR count). The van der Waals surface area contributed by atoms with Crippen LogP contribution in [0, 0.1) is 11.8 Å². The highest BCUT2D eigenvalue weighted by molar-refractivity contribution is 5.21. The SMILES string of the molecule is CCCC/C=C\C[C@H]1CCCC1/C=C/C(F)(F)COc1ccccc1. The van der Waals surface area contributed by atoms with Gasteiger partial charge in [-0.1, -0.05) is 62.6 Å². The molecule has 138 valence electrons. The van der Waals surface area contributed by atoms with E-state index in [4.69, 9.17) is 4.74 Å². The van der Waals surface area contributed by atoms with Gasteiger partial charge >= 0.3 is 0 Å². The predicted octanol–water partition coefficient (Wildman–Crippen LogP) is 6.81. The highest BCUT2D eigenvalue weighted by Crippen LogP contribution is 2.36. The lowest BCUT2D eigenvalue weighted by atomic mass is 9.92. The van der Waals surface area contributed by atoms with Gasteiger partial charge in [0.25, 0.3) is 5.92 Å². The number of rotatable bonds is 10. The Morgan fingerprint density at radius 3 is 2.72 bits per heavy atom. The maximum Gasteiger partial charge on any atom is 0.299 e. The van der Waals surface area contributed by atoms with E-state index in [1.165, 1.54) is 12.8 Å². The normalized spacial score (nSPS) is 21.4. The molecular weight excluding hydrogens is 318 g/mol. The first-order valence-electron chi connectivity index (χ1n) is 9.51. The van der Waals surface area contributed by atoms with Gasteiger partial charge < -0.3 is 4.74 Å². The van der Waals surface area contributed by atoms with E-state index in [1.807, 2.05) is 6.07 Å². The second-order valence-electron chi connectivity index (χ2n) is 6.93. The van der Waals surface area contributed by atoms with Crippen LogP contribution < -0.4 is 4.74 Å². The van der Waals surface area contributed by atoms with E-state index < -0.39 is 12.5 Å². The van der Waals surface area contributed by atoms with Gasteiger partial charge in [-0.05, 0) is 55.7 Å². The van der Waals surface area contributed by atoms with Crippen molar-refractivity contribution in [2.75, 3.05) is 6.61 Å². The monoisotopic (exact) mass is 348 g/mol. The number of hydrogen-bond acceptors (Lipinski definition) is 1. The Bertz CT molecular complexity index is 536. The van der Waals surface area contributed by atoms with Crippen molar-refractivity contribution in [1.29, 1.82) is 0 Å². The number of halogens is 2. The first-order valence-corrected chi connectivity index (χ1v) is 9.51. The Morgan fingerprint density at radius 1 is 1.16 bits per heavy atom. The third kappa shape index (κ3) is 7.41. The number of hydrogen-bond donors (Lipinski definition) is 0. The van der Waals surface area contributed by atoms with Crippen LogP contribution >= 0.6 is 0 Å². The van der Waals surface area contributed by atoms with Crippen LogP contribution in [0.2, 0.25) is 0 Å². The lowest BCUT2D eigenvalue weighted by Gasteiger charge is -2.17. The maximum atomic E-state index is 14.1. The van der Waals surface area contributed by atoms with Gasteiger partial charge in [-0.2, -0.15) is 8.78 Å². The molecule has 1 aromatic rings. The van der Waals surface area contributed by atoms with Gasteiger partial charge in [0.2, 0.25) is 0 Å². The van der Waals surface area contributed by atoms with Crippen molar-refractivity contribution in [2.45, 2.75) is 57.8 Å². The van der Waals surface area contributed by atoms with Crippen molar-refractivity contribution in [3.05, 3.63) is 54.6 Å². The van der Waals surface area contributed by atoms with Crippen molar-refractivity contribution in [3.63, 3.8) is 0 Å². The van der Waals surface area contributed by atoms with E-state index >= 15 is 0 Å². The summed E-state index contributed by atoms with van der Waals surface area (Å²) in [5.74, 6) is -1.69. The molecule has 1 saturated carbocycles. The van der Waals surface area contributed by atoms with E-state index in [-0.39, 0.29) is 5.92 Å². The largest absolute Gasteiger partial charge is 0.487 e. The van der Waals surface area contributed by atoms with Crippen LogP contribution in [-0.4, -0.2) is 12.5 Å². The number of unbranched alkanes of at least 4 members (excludes halogenated alkanes) is 2. The third-order valence-electron chi connectivity index (χ3n) is 4.81. The molecule has 1 aliphatic rings. The summed E-state index contributed by atoms with van der Waals surface area (Å²) in [5, 5.41) is 0. The molecular formula is C22H30F2O. The van der Waals surface area contributed by atoms with E-state index in [1.54, 1.807) is 30.3 Å². The maximum absolute atomic E-state index is 14.1. The Balaban J connectivity index is 1.80. The summed E-state index contributed by atoms with van der Waals surface area (Å²) in [7, 11) is 0. The zero-order valence-electron chi connectivity index (χ0n) is 15.2. The number of allylic oxidation sites excluding steroid dienone is 3. The van der Waals surface area contributed by atoms with E-state index in [9.17, 15) is 8.78 Å². The van der Waals surface area contributed by atoms with Crippen LogP contribution in [0.5, 0.6) is 5.75 Å². The van der Waals surface area contributed by atoms with Crippen molar-refractivity contribution < 1.29 is 13.5 Å². The Labute approximate surface area is 150 Å². The fraction of sp³-hybridized carbons (Fsp3) is 0.545. The molecule has 1 aromatic carbocycles. The zero-order chi connectivity index (χ0) is 18.0. The summed E-state index contributed by atoms with van der Waals surface area (Å²) in [6, 6.07) is 8.78. The lowest BCUT2D eigenvalue weighted by Crippen LogP contribution is -2.23. The summed E-state index contributed by atoms with van der Waals surface area (Å²) in [5.41, 5.74) is 0. The molecule has 1 unspecified atom stereocenters. The van der Waals surface area contributed by atoms with Crippen LogP contribution in [0.1, 0.15) is 51.9 Å². The van der Waals surface area contributed by atoms with E-state index in [0.29, 0.717) is 11.7 Å².